The SMILES string of the molecule is CC1(C)c2ccccc2-c2ccc(N(c3ccc4c(c3)C(c3ccccc3)(c3ccccc3)c3ccccc3C43C4CC5CC(C4)CC3C5)c3ccc4ccccc4c3)cc21. The van der Waals surface area contributed by atoms with Crippen LogP contribution in [0, 0.1) is 23.7 Å². The minimum absolute atomic E-state index is 0.0118. The molecule has 296 valence electrons. The summed E-state index contributed by atoms with van der Waals surface area (Å²) >= 11 is 0. The van der Waals surface area contributed by atoms with Gasteiger partial charge in [-0.2, -0.15) is 0 Å². The van der Waals surface area contributed by atoms with Gasteiger partial charge in [0.05, 0.1) is 5.41 Å². The topological polar surface area (TPSA) is 3.24 Å². The highest BCUT2D eigenvalue weighted by Crippen LogP contribution is 2.70. The van der Waals surface area contributed by atoms with E-state index in [1.54, 1.807) is 11.1 Å². The number of rotatable bonds is 5. The number of benzene rings is 8. The molecule has 14 rings (SSSR count). The molecule has 6 aliphatic rings. The smallest absolute Gasteiger partial charge is 0.0708 e. The molecule has 0 amide bonds. The van der Waals surface area contributed by atoms with Gasteiger partial charge in [0.2, 0.25) is 0 Å². The van der Waals surface area contributed by atoms with Crippen LogP contribution < -0.4 is 4.90 Å². The first-order valence-electron chi connectivity index (χ1n) is 22.8. The van der Waals surface area contributed by atoms with E-state index in [2.05, 4.69) is 207 Å². The van der Waals surface area contributed by atoms with E-state index in [-0.39, 0.29) is 10.8 Å². The lowest BCUT2D eigenvalue weighted by atomic mass is 9.38. The Bertz CT molecular complexity index is 2960. The average molecular weight is 786 g/mol. The summed E-state index contributed by atoms with van der Waals surface area (Å²) in [6.07, 6.45) is 6.84. The molecule has 8 aromatic rings. The zero-order chi connectivity index (χ0) is 40.5. The highest BCUT2D eigenvalue weighted by molar-refractivity contribution is 5.91. The summed E-state index contributed by atoms with van der Waals surface area (Å²) in [7, 11) is 0. The van der Waals surface area contributed by atoms with Crippen molar-refractivity contribution in [1.29, 1.82) is 0 Å². The van der Waals surface area contributed by atoms with Crippen molar-refractivity contribution in [2.75, 3.05) is 4.90 Å². The number of hydrogen-bond acceptors (Lipinski definition) is 1. The van der Waals surface area contributed by atoms with Gasteiger partial charge in [-0.25, -0.2) is 0 Å². The van der Waals surface area contributed by atoms with Crippen molar-refractivity contribution in [2.24, 2.45) is 23.7 Å². The molecule has 0 aliphatic heterocycles. The summed E-state index contributed by atoms with van der Waals surface area (Å²) in [6, 6.07) is 72.6. The first-order valence-corrected chi connectivity index (χ1v) is 22.8. The van der Waals surface area contributed by atoms with Gasteiger partial charge >= 0.3 is 0 Å². The second-order valence-electron chi connectivity index (χ2n) is 19.7. The van der Waals surface area contributed by atoms with Gasteiger partial charge in [-0.1, -0.05) is 166 Å². The molecule has 0 unspecified atom stereocenters. The number of fused-ring (bicyclic) bond motifs is 6. The molecular formula is C60H51N. The van der Waals surface area contributed by atoms with Gasteiger partial charge in [0, 0.05) is 27.9 Å². The van der Waals surface area contributed by atoms with E-state index in [0.29, 0.717) is 11.8 Å². The molecule has 1 spiro atoms. The van der Waals surface area contributed by atoms with E-state index < -0.39 is 5.41 Å². The van der Waals surface area contributed by atoms with Crippen LogP contribution in [0.15, 0.2) is 188 Å². The molecular weight excluding hydrogens is 735 g/mol. The lowest BCUT2D eigenvalue weighted by Gasteiger charge is -2.65. The molecule has 0 saturated heterocycles. The Morgan fingerprint density at radius 2 is 0.869 bits per heavy atom. The molecule has 0 N–H and O–H groups in total. The lowest BCUT2D eigenvalue weighted by Crippen LogP contribution is -2.59. The Balaban J connectivity index is 1.12. The van der Waals surface area contributed by atoms with Crippen molar-refractivity contribution >= 4 is 27.8 Å². The van der Waals surface area contributed by atoms with Crippen molar-refractivity contribution in [1.82, 2.24) is 0 Å². The fourth-order valence-electron chi connectivity index (χ4n) is 14.4. The molecule has 0 aromatic heterocycles. The van der Waals surface area contributed by atoms with Crippen LogP contribution in [-0.2, 0) is 16.2 Å². The van der Waals surface area contributed by atoms with Crippen LogP contribution in [0.3, 0.4) is 0 Å². The van der Waals surface area contributed by atoms with Gasteiger partial charge in [0.15, 0.2) is 0 Å². The Labute approximate surface area is 360 Å². The summed E-state index contributed by atoms with van der Waals surface area (Å²) in [5.74, 6) is 3.04. The largest absolute Gasteiger partial charge is 0.310 e. The maximum Gasteiger partial charge on any atom is 0.0708 e. The van der Waals surface area contributed by atoms with Crippen LogP contribution in [0.4, 0.5) is 17.1 Å². The molecule has 1 heteroatoms. The molecule has 4 bridgehead atoms. The highest BCUT2D eigenvalue weighted by Gasteiger charge is 2.63. The van der Waals surface area contributed by atoms with E-state index in [0.717, 1.165) is 11.8 Å². The first-order chi connectivity index (χ1) is 30.0. The standard InChI is InChI=1S/C60H51N/c1-58(2)52-22-12-11-21-50(52)51-29-27-48(37-56(51)58)61(47-26-25-41-15-9-10-16-42(41)36-47)49-28-30-55-57(38-49)59(43-17-5-3-6-18-43,44-19-7-4-8-20-44)53-23-13-14-24-54(53)60(55)45-32-39-31-40(34-45)35-46(60)33-39/h3-30,36-40,45-46H,31-35H2,1-2H3. The van der Waals surface area contributed by atoms with Crippen LogP contribution in [0.5, 0.6) is 0 Å². The third-order valence-electron chi connectivity index (χ3n) is 16.5. The third kappa shape index (κ3) is 4.78. The first kappa shape index (κ1) is 35.6. The summed E-state index contributed by atoms with van der Waals surface area (Å²) in [5, 5.41) is 2.51. The molecule has 6 aliphatic carbocycles. The van der Waals surface area contributed by atoms with Crippen molar-refractivity contribution in [2.45, 2.75) is 62.2 Å². The van der Waals surface area contributed by atoms with E-state index in [4.69, 9.17) is 0 Å². The number of hydrogen-bond donors (Lipinski definition) is 0. The second kappa shape index (κ2) is 12.9. The van der Waals surface area contributed by atoms with Crippen molar-refractivity contribution in [3.63, 3.8) is 0 Å². The van der Waals surface area contributed by atoms with Crippen LogP contribution in [0.25, 0.3) is 21.9 Å². The summed E-state index contributed by atoms with van der Waals surface area (Å²) in [6.45, 7) is 4.80. The maximum atomic E-state index is 2.65. The van der Waals surface area contributed by atoms with Gasteiger partial charge in [0.25, 0.3) is 0 Å². The molecule has 1 nitrogen and oxygen atoms in total. The predicted molar refractivity (Wildman–Crippen MR) is 252 cm³/mol. The van der Waals surface area contributed by atoms with Crippen LogP contribution in [-0.4, -0.2) is 0 Å². The van der Waals surface area contributed by atoms with Crippen LogP contribution in [0.1, 0.15) is 90.5 Å². The monoisotopic (exact) mass is 785 g/mol. The van der Waals surface area contributed by atoms with Gasteiger partial charge in [-0.05, 0) is 159 Å². The predicted octanol–water partition coefficient (Wildman–Crippen LogP) is 15.1. The average Bonchev–Trinajstić information content (AvgIpc) is 3.53. The normalized spacial score (nSPS) is 24.2. The maximum absolute atomic E-state index is 2.65. The highest BCUT2D eigenvalue weighted by atomic mass is 15.1. The summed E-state index contributed by atoms with van der Waals surface area (Å²) in [5.41, 5.74) is 17.2. The van der Waals surface area contributed by atoms with E-state index in [1.807, 2.05) is 0 Å². The second-order valence-corrected chi connectivity index (χ2v) is 19.7. The molecule has 4 fully saturated rings. The van der Waals surface area contributed by atoms with Gasteiger partial charge in [0.1, 0.15) is 0 Å². The Morgan fingerprint density at radius 1 is 0.377 bits per heavy atom. The van der Waals surface area contributed by atoms with Crippen molar-refractivity contribution in [3.8, 4) is 11.1 Å². The van der Waals surface area contributed by atoms with Gasteiger partial charge in [-0.15, -0.1) is 0 Å². The molecule has 0 radical (unpaired) electrons. The van der Waals surface area contributed by atoms with Crippen molar-refractivity contribution < 1.29 is 0 Å². The minimum atomic E-state index is -0.513. The van der Waals surface area contributed by atoms with Gasteiger partial charge < -0.3 is 4.90 Å². The van der Waals surface area contributed by atoms with E-state index >= 15 is 0 Å². The molecule has 0 heterocycles. The van der Waals surface area contributed by atoms with Crippen molar-refractivity contribution in [3.05, 3.63) is 233 Å². The lowest BCUT2D eigenvalue weighted by molar-refractivity contribution is -0.0440. The third-order valence-corrected chi connectivity index (χ3v) is 16.5. The quantitative estimate of drug-likeness (QED) is 0.168. The summed E-state index contributed by atoms with van der Waals surface area (Å²) < 4.78 is 0. The van der Waals surface area contributed by atoms with Gasteiger partial charge in [-0.3, -0.25) is 0 Å². The fraction of sp³-hybridized carbons (Fsp3) is 0.233. The number of anilines is 3. The molecule has 0 atom stereocenters. The van der Waals surface area contributed by atoms with Crippen LogP contribution >= 0.6 is 0 Å². The Kier molecular flexibility index (Phi) is 7.53. The molecule has 4 saturated carbocycles. The summed E-state index contributed by atoms with van der Waals surface area (Å²) in [4.78, 5) is 2.57. The fourth-order valence-corrected chi connectivity index (χ4v) is 14.4. The molecule has 61 heavy (non-hydrogen) atoms. The zero-order valence-corrected chi connectivity index (χ0v) is 35.2. The van der Waals surface area contributed by atoms with E-state index in [1.165, 1.54) is 104 Å². The molecule has 8 aromatic carbocycles. The zero-order valence-electron chi connectivity index (χ0n) is 35.2. The van der Waals surface area contributed by atoms with E-state index in [9.17, 15) is 0 Å². The Morgan fingerprint density at radius 3 is 1.56 bits per heavy atom. The minimum Gasteiger partial charge on any atom is -0.310 e. The Hall–Kier alpha value is -6.18. The van der Waals surface area contributed by atoms with Crippen LogP contribution in [0.2, 0.25) is 0 Å². The number of nitrogens with zero attached hydrogens (tertiary/aromatic N) is 1.